The van der Waals surface area contributed by atoms with E-state index < -0.39 is 11.7 Å². The van der Waals surface area contributed by atoms with Crippen molar-refractivity contribution < 1.29 is 17.6 Å². The molecule has 0 saturated carbocycles. The number of para-hydroxylation sites is 1. The molecule has 1 heterocycles. The van der Waals surface area contributed by atoms with Crippen molar-refractivity contribution in [2.24, 2.45) is 7.05 Å². The van der Waals surface area contributed by atoms with E-state index >= 15 is 0 Å². The van der Waals surface area contributed by atoms with E-state index in [9.17, 15) is 17.6 Å². The fourth-order valence-electron chi connectivity index (χ4n) is 2.67. The van der Waals surface area contributed by atoms with Gasteiger partial charge < -0.3 is 4.57 Å². The van der Waals surface area contributed by atoms with E-state index in [0.717, 1.165) is 28.6 Å². The molecule has 22 heavy (non-hydrogen) atoms. The van der Waals surface area contributed by atoms with Crippen LogP contribution in [0.3, 0.4) is 0 Å². The first kappa shape index (κ1) is 14.6. The highest BCUT2D eigenvalue weighted by Gasteiger charge is 2.29. The number of fused-ring (bicyclic) bond motifs is 1. The Balaban J connectivity index is 1.95. The molecular formula is C17H13F4N. The molecule has 0 bridgehead atoms. The Hall–Kier alpha value is -2.30. The van der Waals surface area contributed by atoms with Gasteiger partial charge in [-0.25, -0.2) is 4.39 Å². The number of aromatic nitrogens is 1. The number of alkyl halides is 3. The first-order valence-electron chi connectivity index (χ1n) is 6.75. The first-order valence-corrected chi connectivity index (χ1v) is 6.75. The van der Waals surface area contributed by atoms with E-state index in [2.05, 4.69) is 0 Å². The normalized spacial score (nSPS) is 12.0. The maximum atomic E-state index is 13.8. The molecule has 1 aromatic heterocycles. The third kappa shape index (κ3) is 2.58. The van der Waals surface area contributed by atoms with Gasteiger partial charge in [-0.2, -0.15) is 13.2 Å². The van der Waals surface area contributed by atoms with Gasteiger partial charge in [0.25, 0.3) is 0 Å². The standard InChI is InChI=1S/C17H13F4N/c1-22-10-12(14-3-2-4-15(18)16(14)22)9-11-5-7-13(8-6-11)17(19,20)21/h2-8,10H,9H2,1H3. The van der Waals surface area contributed by atoms with Crippen molar-refractivity contribution >= 4 is 10.9 Å². The maximum absolute atomic E-state index is 13.8. The summed E-state index contributed by atoms with van der Waals surface area (Å²) in [5, 5.41) is 0.780. The van der Waals surface area contributed by atoms with Gasteiger partial charge >= 0.3 is 6.18 Å². The Kier molecular flexibility index (Phi) is 3.43. The van der Waals surface area contributed by atoms with Crippen molar-refractivity contribution in [1.29, 1.82) is 0 Å². The second-order valence-corrected chi connectivity index (χ2v) is 5.27. The van der Waals surface area contributed by atoms with E-state index in [0.29, 0.717) is 11.9 Å². The lowest BCUT2D eigenvalue weighted by atomic mass is 10.0. The van der Waals surface area contributed by atoms with Gasteiger partial charge in [0.05, 0.1) is 11.1 Å². The fourth-order valence-corrected chi connectivity index (χ4v) is 2.67. The minimum Gasteiger partial charge on any atom is -0.348 e. The summed E-state index contributed by atoms with van der Waals surface area (Å²) in [7, 11) is 1.75. The van der Waals surface area contributed by atoms with Crippen LogP contribution < -0.4 is 0 Å². The Morgan fingerprint density at radius 2 is 1.68 bits per heavy atom. The van der Waals surface area contributed by atoms with Crippen molar-refractivity contribution in [2.45, 2.75) is 12.6 Å². The van der Waals surface area contributed by atoms with Crippen molar-refractivity contribution in [3.63, 3.8) is 0 Å². The minimum atomic E-state index is -4.33. The molecule has 1 nitrogen and oxygen atoms in total. The zero-order chi connectivity index (χ0) is 15.9. The summed E-state index contributed by atoms with van der Waals surface area (Å²) in [6, 6.07) is 9.90. The van der Waals surface area contributed by atoms with Crippen LogP contribution in [0.2, 0.25) is 0 Å². The highest BCUT2D eigenvalue weighted by molar-refractivity contribution is 5.84. The van der Waals surface area contributed by atoms with E-state index in [1.165, 1.54) is 18.2 Å². The van der Waals surface area contributed by atoms with E-state index in [4.69, 9.17) is 0 Å². The Morgan fingerprint density at radius 1 is 1.00 bits per heavy atom. The van der Waals surface area contributed by atoms with Crippen LogP contribution in [0.5, 0.6) is 0 Å². The molecule has 3 aromatic rings. The lowest BCUT2D eigenvalue weighted by Gasteiger charge is -2.07. The molecule has 114 valence electrons. The molecule has 2 aromatic carbocycles. The summed E-state index contributed by atoms with van der Waals surface area (Å²) in [5.74, 6) is -0.307. The highest BCUT2D eigenvalue weighted by atomic mass is 19.4. The highest BCUT2D eigenvalue weighted by Crippen LogP contribution is 2.30. The molecule has 0 N–H and O–H groups in total. The van der Waals surface area contributed by atoms with Crippen LogP contribution >= 0.6 is 0 Å². The number of rotatable bonds is 2. The summed E-state index contributed by atoms with van der Waals surface area (Å²) in [6.07, 6.45) is -2.06. The number of aryl methyl sites for hydroxylation is 1. The monoisotopic (exact) mass is 307 g/mol. The predicted molar refractivity (Wildman–Crippen MR) is 77.1 cm³/mol. The number of benzene rings is 2. The minimum absolute atomic E-state index is 0.307. The van der Waals surface area contributed by atoms with Crippen molar-refractivity contribution in [2.75, 3.05) is 0 Å². The third-order valence-corrected chi connectivity index (χ3v) is 3.71. The van der Waals surface area contributed by atoms with Gasteiger partial charge in [-0.05, 0) is 35.7 Å². The largest absolute Gasteiger partial charge is 0.416 e. The average Bonchev–Trinajstić information content (AvgIpc) is 2.76. The molecule has 3 rings (SSSR count). The molecule has 0 aliphatic carbocycles. The van der Waals surface area contributed by atoms with Crippen LogP contribution in [0, 0.1) is 5.82 Å². The number of hydrogen-bond acceptors (Lipinski definition) is 0. The molecule has 0 radical (unpaired) electrons. The summed E-state index contributed by atoms with van der Waals surface area (Å²) < 4.78 is 53.2. The molecule has 0 fully saturated rings. The lowest BCUT2D eigenvalue weighted by molar-refractivity contribution is -0.137. The number of nitrogens with zero attached hydrogens (tertiary/aromatic N) is 1. The SMILES string of the molecule is Cn1cc(Cc2ccc(C(F)(F)F)cc2)c2cccc(F)c21. The van der Waals surface area contributed by atoms with Gasteiger partial charge in [0.15, 0.2) is 0 Å². The molecule has 0 spiro atoms. The molecule has 0 aliphatic heterocycles. The summed E-state index contributed by atoms with van der Waals surface area (Å²) in [6.45, 7) is 0. The Bertz CT molecular complexity index is 813. The first-order chi connectivity index (χ1) is 10.4. The summed E-state index contributed by atoms with van der Waals surface area (Å²) in [4.78, 5) is 0. The van der Waals surface area contributed by atoms with Crippen molar-refractivity contribution in [3.8, 4) is 0 Å². The molecule has 0 saturated heterocycles. The second-order valence-electron chi connectivity index (χ2n) is 5.27. The topological polar surface area (TPSA) is 4.93 Å². The average molecular weight is 307 g/mol. The van der Waals surface area contributed by atoms with E-state index in [-0.39, 0.29) is 5.82 Å². The molecule has 0 unspecified atom stereocenters. The van der Waals surface area contributed by atoms with E-state index in [1.54, 1.807) is 17.7 Å². The summed E-state index contributed by atoms with van der Waals surface area (Å²) >= 11 is 0. The van der Waals surface area contributed by atoms with Crippen LogP contribution in [-0.2, 0) is 19.6 Å². The van der Waals surface area contributed by atoms with E-state index in [1.807, 2.05) is 12.3 Å². The maximum Gasteiger partial charge on any atom is 0.416 e. The smallest absolute Gasteiger partial charge is 0.348 e. The Labute approximate surface area is 124 Å². The number of hydrogen-bond donors (Lipinski definition) is 0. The number of halogens is 4. The van der Waals surface area contributed by atoms with Gasteiger partial charge in [-0.3, -0.25) is 0 Å². The van der Waals surface area contributed by atoms with Crippen LogP contribution in [0.1, 0.15) is 16.7 Å². The zero-order valence-corrected chi connectivity index (χ0v) is 11.8. The second kappa shape index (κ2) is 5.16. The lowest BCUT2D eigenvalue weighted by Crippen LogP contribution is -2.04. The van der Waals surface area contributed by atoms with Gasteiger partial charge in [-0.15, -0.1) is 0 Å². The van der Waals surface area contributed by atoms with Crippen LogP contribution in [-0.4, -0.2) is 4.57 Å². The Morgan fingerprint density at radius 3 is 2.32 bits per heavy atom. The van der Waals surface area contributed by atoms with Crippen LogP contribution in [0.25, 0.3) is 10.9 Å². The predicted octanol–water partition coefficient (Wildman–Crippen LogP) is 4.93. The zero-order valence-electron chi connectivity index (χ0n) is 11.8. The molecule has 0 amide bonds. The van der Waals surface area contributed by atoms with Gasteiger partial charge in [0, 0.05) is 18.6 Å². The van der Waals surface area contributed by atoms with Gasteiger partial charge in [0.1, 0.15) is 5.82 Å². The third-order valence-electron chi connectivity index (χ3n) is 3.71. The van der Waals surface area contributed by atoms with Crippen LogP contribution in [0.15, 0.2) is 48.7 Å². The van der Waals surface area contributed by atoms with Crippen LogP contribution in [0.4, 0.5) is 17.6 Å². The molecule has 0 atom stereocenters. The molecular weight excluding hydrogens is 294 g/mol. The summed E-state index contributed by atoms with van der Waals surface area (Å²) in [5.41, 5.74) is 1.48. The van der Waals surface area contributed by atoms with Gasteiger partial charge in [0.2, 0.25) is 0 Å². The quantitative estimate of drug-likeness (QED) is 0.592. The van der Waals surface area contributed by atoms with Crippen molar-refractivity contribution in [3.05, 3.63) is 71.2 Å². The fraction of sp³-hybridized carbons (Fsp3) is 0.176. The molecule has 5 heteroatoms. The molecule has 0 aliphatic rings. The van der Waals surface area contributed by atoms with Crippen molar-refractivity contribution in [1.82, 2.24) is 4.57 Å². The van der Waals surface area contributed by atoms with Gasteiger partial charge in [-0.1, -0.05) is 24.3 Å².